The summed E-state index contributed by atoms with van der Waals surface area (Å²) in [5, 5.41) is 7.74. The van der Waals surface area contributed by atoms with E-state index in [4.69, 9.17) is 15.0 Å². The normalized spacial score (nSPS) is 22.0. The number of nitrogens with zero attached hydrogens (tertiary/aromatic N) is 2. The van der Waals surface area contributed by atoms with Gasteiger partial charge in [0, 0.05) is 37.1 Å². The molecule has 32 heavy (non-hydrogen) atoms. The van der Waals surface area contributed by atoms with Gasteiger partial charge < -0.3 is 25.2 Å². The minimum atomic E-state index is -0.253. The first kappa shape index (κ1) is 22.3. The Labute approximate surface area is 188 Å². The summed E-state index contributed by atoms with van der Waals surface area (Å²) in [6, 6.07) is 9.69. The van der Waals surface area contributed by atoms with Crippen molar-refractivity contribution in [2.75, 3.05) is 33.3 Å². The molecule has 3 N–H and O–H groups in total. The van der Waals surface area contributed by atoms with Crippen LogP contribution in [0.4, 0.5) is 0 Å². The summed E-state index contributed by atoms with van der Waals surface area (Å²) < 4.78 is 10.8. The Morgan fingerprint density at radius 2 is 1.94 bits per heavy atom. The van der Waals surface area contributed by atoms with Crippen molar-refractivity contribution in [1.29, 1.82) is 0 Å². The molecule has 0 saturated carbocycles. The van der Waals surface area contributed by atoms with E-state index in [0.717, 1.165) is 48.7 Å². The van der Waals surface area contributed by atoms with Crippen LogP contribution >= 0.6 is 0 Å². The average Bonchev–Trinajstić information content (AvgIpc) is 3.29. The van der Waals surface area contributed by atoms with Crippen molar-refractivity contribution in [2.45, 2.75) is 32.1 Å². The molecule has 3 heterocycles. The highest BCUT2D eigenvalue weighted by Gasteiger charge is 2.31. The van der Waals surface area contributed by atoms with Crippen molar-refractivity contribution in [2.24, 2.45) is 23.5 Å². The average molecular weight is 441 g/mol. The SMILES string of the molecule is COc1ccc(-c2cc(C[C@H]3CNCC[C@H]3CC(=O)N3CCC(C(N)=O)CC3)no2)cc1. The minimum absolute atomic E-state index is 0.0993. The van der Waals surface area contributed by atoms with Gasteiger partial charge >= 0.3 is 0 Å². The van der Waals surface area contributed by atoms with E-state index in [1.165, 1.54) is 0 Å². The predicted molar refractivity (Wildman–Crippen MR) is 120 cm³/mol. The fourth-order valence-corrected chi connectivity index (χ4v) is 4.82. The summed E-state index contributed by atoms with van der Waals surface area (Å²) in [5.41, 5.74) is 7.28. The van der Waals surface area contributed by atoms with Crippen LogP contribution in [-0.2, 0) is 16.0 Å². The molecule has 2 aliphatic rings. The molecular weight excluding hydrogens is 408 g/mol. The highest BCUT2D eigenvalue weighted by Crippen LogP contribution is 2.30. The Kier molecular flexibility index (Phi) is 7.09. The van der Waals surface area contributed by atoms with E-state index < -0.39 is 0 Å². The molecule has 0 spiro atoms. The van der Waals surface area contributed by atoms with E-state index in [-0.39, 0.29) is 17.7 Å². The van der Waals surface area contributed by atoms with E-state index >= 15 is 0 Å². The number of carbonyl (C=O) groups excluding carboxylic acids is 2. The summed E-state index contributed by atoms with van der Waals surface area (Å²) >= 11 is 0. The number of hydrogen-bond acceptors (Lipinski definition) is 6. The lowest BCUT2D eigenvalue weighted by Gasteiger charge is -2.35. The second-order valence-electron chi connectivity index (χ2n) is 8.89. The van der Waals surface area contributed by atoms with Crippen LogP contribution in [-0.4, -0.2) is 55.2 Å². The zero-order valence-corrected chi connectivity index (χ0v) is 18.6. The molecular formula is C24H32N4O4. The molecule has 2 aliphatic heterocycles. The Morgan fingerprint density at radius 1 is 1.19 bits per heavy atom. The lowest BCUT2D eigenvalue weighted by atomic mass is 9.80. The fraction of sp³-hybridized carbons (Fsp3) is 0.542. The van der Waals surface area contributed by atoms with E-state index in [0.29, 0.717) is 44.2 Å². The minimum Gasteiger partial charge on any atom is -0.497 e. The van der Waals surface area contributed by atoms with Gasteiger partial charge in [-0.2, -0.15) is 0 Å². The van der Waals surface area contributed by atoms with Crippen molar-refractivity contribution in [3.63, 3.8) is 0 Å². The summed E-state index contributed by atoms with van der Waals surface area (Å²) in [7, 11) is 1.64. The molecule has 4 rings (SSSR count). The van der Waals surface area contributed by atoms with Gasteiger partial charge in [-0.25, -0.2) is 0 Å². The van der Waals surface area contributed by atoms with Gasteiger partial charge in [-0.1, -0.05) is 5.16 Å². The lowest BCUT2D eigenvalue weighted by Crippen LogP contribution is -2.44. The zero-order valence-electron chi connectivity index (χ0n) is 18.6. The lowest BCUT2D eigenvalue weighted by molar-refractivity contribution is -0.136. The molecule has 2 atom stereocenters. The highest BCUT2D eigenvalue weighted by atomic mass is 16.5. The second kappa shape index (κ2) is 10.2. The molecule has 8 nitrogen and oxygen atoms in total. The molecule has 2 amide bonds. The molecule has 8 heteroatoms. The molecule has 0 aliphatic carbocycles. The van der Waals surface area contributed by atoms with Crippen LogP contribution in [0.3, 0.4) is 0 Å². The van der Waals surface area contributed by atoms with Gasteiger partial charge in [0.2, 0.25) is 11.8 Å². The topological polar surface area (TPSA) is 111 Å². The number of carbonyl (C=O) groups is 2. The molecule has 1 aromatic carbocycles. The van der Waals surface area contributed by atoms with Gasteiger partial charge in [0.15, 0.2) is 5.76 Å². The number of nitrogens with one attached hydrogen (secondary N) is 1. The number of primary amides is 1. The first-order valence-electron chi connectivity index (χ1n) is 11.4. The first-order valence-corrected chi connectivity index (χ1v) is 11.4. The largest absolute Gasteiger partial charge is 0.497 e. The van der Waals surface area contributed by atoms with Crippen LogP contribution in [0.25, 0.3) is 11.3 Å². The number of amides is 2. The number of rotatable bonds is 7. The number of nitrogens with two attached hydrogens (primary N) is 1. The van der Waals surface area contributed by atoms with Crippen LogP contribution in [0, 0.1) is 17.8 Å². The van der Waals surface area contributed by atoms with Crippen LogP contribution < -0.4 is 15.8 Å². The number of benzene rings is 1. The third-order valence-electron chi connectivity index (χ3n) is 6.86. The molecule has 0 unspecified atom stereocenters. The quantitative estimate of drug-likeness (QED) is 0.683. The first-order chi connectivity index (χ1) is 15.5. The molecule has 2 saturated heterocycles. The van der Waals surface area contributed by atoms with Gasteiger partial charge in [0.1, 0.15) is 5.75 Å². The van der Waals surface area contributed by atoms with Crippen LogP contribution in [0.15, 0.2) is 34.9 Å². The van der Waals surface area contributed by atoms with Crippen LogP contribution in [0.2, 0.25) is 0 Å². The zero-order chi connectivity index (χ0) is 22.5. The van der Waals surface area contributed by atoms with Crippen molar-refractivity contribution >= 4 is 11.8 Å². The maximum Gasteiger partial charge on any atom is 0.222 e. The number of piperidine rings is 2. The van der Waals surface area contributed by atoms with Crippen molar-refractivity contribution in [1.82, 2.24) is 15.4 Å². The van der Waals surface area contributed by atoms with Gasteiger partial charge in [0.05, 0.1) is 12.8 Å². The molecule has 0 bridgehead atoms. The third kappa shape index (κ3) is 5.30. The van der Waals surface area contributed by atoms with Crippen molar-refractivity contribution < 1.29 is 18.8 Å². The highest BCUT2D eigenvalue weighted by molar-refractivity contribution is 5.79. The Bertz CT molecular complexity index is 918. The Morgan fingerprint density at radius 3 is 2.62 bits per heavy atom. The smallest absolute Gasteiger partial charge is 0.222 e. The standard InChI is InChI=1S/C24H32N4O4/c1-31-21-4-2-16(3-5-21)22-14-20(27-32-22)12-19-15-26-9-6-18(19)13-23(29)28-10-7-17(8-11-28)24(25)30/h2-5,14,17-19,26H,6-13,15H2,1H3,(H2,25,30)/t18-,19-/m0/s1. The number of likely N-dealkylation sites (tertiary alicyclic amines) is 1. The molecule has 1 aromatic heterocycles. The van der Waals surface area contributed by atoms with E-state index in [1.807, 2.05) is 35.2 Å². The van der Waals surface area contributed by atoms with Crippen LogP contribution in [0.1, 0.15) is 31.4 Å². The van der Waals surface area contributed by atoms with Gasteiger partial charge in [-0.3, -0.25) is 9.59 Å². The van der Waals surface area contributed by atoms with Crippen molar-refractivity contribution in [3.05, 3.63) is 36.0 Å². The molecule has 2 fully saturated rings. The molecule has 0 radical (unpaired) electrons. The van der Waals surface area contributed by atoms with E-state index in [9.17, 15) is 9.59 Å². The number of methoxy groups -OCH3 is 1. The fourth-order valence-electron chi connectivity index (χ4n) is 4.82. The van der Waals surface area contributed by atoms with Gasteiger partial charge in [-0.05, 0) is 74.9 Å². The third-order valence-corrected chi connectivity index (χ3v) is 6.86. The number of ether oxygens (including phenoxy) is 1. The van der Waals surface area contributed by atoms with E-state index in [1.54, 1.807) is 7.11 Å². The Hall–Kier alpha value is -2.87. The predicted octanol–water partition coefficient (Wildman–Crippen LogP) is 2.23. The van der Waals surface area contributed by atoms with Gasteiger partial charge in [-0.15, -0.1) is 0 Å². The number of hydrogen-bond donors (Lipinski definition) is 2. The summed E-state index contributed by atoms with van der Waals surface area (Å²) in [5.74, 6) is 1.99. The maximum absolute atomic E-state index is 12.9. The van der Waals surface area contributed by atoms with Gasteiger partial charge in [0.25, 0.3) is 0 Å². The summed E-state index contributed by atoms with van der Waals surface area (Å²) in [4.78, 5) is 26.2. The van der Waals surface area contributed by atoms with Crippen molar-refractivity contribution in [3.8, 4) is 17.1 Å². The Balaban J connectivity index is 1.35. The summed E-state index contributed by atoms with van der Waals surface area (Å²) in [6.07, 6.45) is 3.62. The second-order valence-corrected chi connectivity index (χ2v) is 8.89. The summed E-state index contributed by atoms with van der Waals surface area (Å²) in [6.45, 7) is 3.04. The molecule has 2 aromatic rings. The monoisotopic (exact) mass is 440 g/mol. The molecule has 172 valence electrons. The maximum atomic E-state index is 12.9. The van der Waals surface area contributed by atoms with E-state index in [2.05, 4.69) is 10.5 Å². The number of aromatic nitrogens is 1. The van der Waals surface area contributed by atoms with Crippen LogP contribution in [0.5, 0.6) is 5.75 Å².